The lowest BCUT2D eigenvalue weighted by Gasteiger charge is -2.13. The lowest BCUT2D eigenvalue weighted by atomic mass is 10.1. The molecule has 2 rings (SSSR count). The van der Waals surface area contributed by atoms with Gasteiger partial charge in [0.1, 0.15) is 5.75 Å². The number of benzene rings is 2. The van der Waals surface area contributed by atoms with Crippen molar-refractivity contribution < 1.29 is 4.74 Å². The monoisotopic (exact) mass is 313 g/mol. The van der Waals surface area contributed by atoms with Crippen molar-refractivity contribution in [3.05, 3.63) is 54.6 Å². The van der Waals surface area contributed by atoms with Crippen LogP contribution in [0.2, 0.25) is 0 Å². The minimum absolute atomic E-state index is 0.735. The first-order valence-corrected chi connectivity index (χ1v) is 7.54. The van der Waals surface area contributed by atoms with Crippen LogP contribution in [-0.4, -0.2) is 20.9 Å². The molecule has 0 aromatic heterocycles. The first-order valence-electron chi connectivity index (χ1n) is 6.72. The number of hydrogen-bond acceptors (Lipinski definition) is 5. The van der Waals surface area contributed by atoms with Crippen LogP contribution in [0.25, 0.3) is 5.70 Å². The first-order chi connectivity index (χ1) is 10.7. The summed E-state index contributed by atoms with van der Waals surface area (Å²) < 4.78 is 8.24. The lowest BCUT2D eigenvalue weighted by Crippen LogP contribution is -1.98. The van der Waals surface area contributed by atoms with Crippen LogP contribution in [-0.2, 0) is 0 Å². The summed E-state index contributed by atoms with van der Waals surface area (Å²) in [7, 11) is 3.52. The molecule has 0 atom stereocenters. The molecule has 0 bridgehead atoms. The summed E-state index contributed by atoms with van der Waals surface area (Å²) in [4.78, 5) is 5.19. The van der Waals surface area contributed by atoms with E-state index < -0.39 is 0 Å². The van der Waals surface area contributed by atoms with Gasteiger partial charge in [0.2, 0.25) is 0 Å². The molecule has 2 aromatic carbocycles. The maximum Gasteiger partial charge on any atom is 0.121 e. The summed E-state index contributed by atoms with van der Waals surface area (Å²) in [6.45, 7) is 7.69. The number of aliphatic imine (C=N–C) groups is 1. The van der Waals surface area contributed by atoms with Crippen LogP contribution >= 0.6 is 11.9 Å². The van der Waals surface area contributed by atoms with Crippen molar-refractivity contribution in [1.82, 2.24) is 4.72 Å². The van der Waals surface area contributed by atoms with Gasteiger partial charge in [0.15, 0.2) is 0 Å². The highest BCUT2D eigenvalue weighted by Crippen LogP contribution is 2.30. The van der Waals surface area contributed by atoms with Crippen molar-refractivity contribution in [3.8, 4) is 5.75 Å². The third-order valence-corrected chi connectivity index (χ3v) is 3.78. The van der Waals surface area contributed by atoms with E-state index in [-0.39, 0.29) is 0 Å². The quantitative estimate of drug-likeness (QED) is 0.590. The summed E-state index contributed by atoms with van der Waals surface area (Å²) in [6, 6.07) is 13.7. The van der Waals surface area contributed by atoms with E-state index in [1.165, 1.54) is 0 Å². The van der Waals surface area contributed by atoms with Crippen LogP contribution in [0, 0.1) is 0 Å². The fourth-order valence-electron chi connectivity index (χ4n) is 1.99. The second-order valence-corrected chi connectivity index (χ2v) is 5.56. The minimum atomic E-state index is 0.735. The maximum absolute atomic E-state index is 5.20. The van der Waals surface area contributed by atoms with Gasteiger partial charge in [0.25, 0.3) is 0 Å². The Labute approximate surface area is 135 Å². The van der Waals surface area contributed by atoms with Crippen LogP contribution in [0.15, 0.2) is 58.9 Å². The molecule has 114 valence electrons. The topological polar surface area (TPSA) is 45.6 Å². The van der Waals surface area contributed by atoms with Crippen molar-refractivity contribution in [1.29, 1.82) is 0 Å². The van der Waals surface area contributed by atoms with E-state index >= 15 is 0 Å². The number of hydrogen-bond donors (Lipinski definition) is 2. The van der Waals surface area contributed by atoms with Crippen molar-refractivity contribution in [2.45, 2.75) is 4.90 Å². The number of nitrogens with one attached hydrogen (secondary N) is 2. The predicted octanol–water partition coefficient (Wildman–Crippen LogP) is 4.34. The van der Waals surface area contributed by atoms with E-state index in [9.17, 15) is 0 Å². The molecule has 22 heavy (non-hydrogen) atoms. The van der Waals surface area contributed by atoms with E-state index in [4.69, 9.17) is 4.74 Å². The van der Waals surface area contributed by atoms with Gasteiger partial charge in [-0.15, -0.1) is 0 Å². The average Bonchev–Trinajstić information content (AvgIpc) is 2.56. The summed E-state index contributed by atoms with van der Waals surface area (Å²) in [5.74, 6) is 0.743. The molecule has 0 radical (unpaired) electrons. The molecule has 2 N–H and O–H groups in total. The summed E-state index contributed by atoms with van der Waals surface area (Å²) in [5, 5.41) is 3.29. The molecule has 0 heterocycles. The molecule has 0 saturated heterocycles. The van der Waals surface area contributed by atoms with Gasteiger partial charge in [0.05, 0.1) is 12.8 Å². The van der Waals surface area contributed by atoms with E-state index in [1.54, 1.807) is 19.1 Å². The molecule has 0 saturated carbocycles. The van der Waals surface area contributed by atoms with Crippen molar-refractivity contribution in [2.75, 3.05) is 19.5 Å². The number of rotatable bonds is 7. The van der Waals surface area contributed by atoms with Gasteiger partial charge in [-0.2, -0.15) is 0 Å². The summed E-state index contributed by atoms with van der Waals surface area (Å²) in [5.41, 5.74) is 3.36. The zero-order chi connectivity index (χ0) is 15.9. The zero-order valence-electron chi connectivity index (χ0n) is 12.7. The van der Waals surface area contributed by atoms with Gasteiger partial charge in [0, 0.05) is 27.9 Å². The normalized spacial score (nSPS) is 10.1. The molecule has 4 nitrogen and oxygen atoms in total. The maximum atomic E-state index is 5.20. The Morgan fingerprint density at radius 1 is 1.18 bits per heavy atom. The highest BCUT2D eigenvalue weighted by atomic mass is 32.2. The van der Waals surface area contributed by atoms with Gasteiger partial charge >= 0.3 is 0 Å². The highest BCUT2D eigenvalue weighted by molar-refractivity contribution is 7.97. The standard InChI is InChI=1S/C17H19N3OS/c1-12(16-10-7-14(21-4)11-17(16)18-2)20-13-5-8-15(9-6-13)22-19-3/h5-11,19-20H,1-2H2,3-4H3. The Balaban J connectivity index is 2.16. The van der Waals surface area contributed by atoms with Crippen LogP contribution in [0.1, 0.15) is 5.56 Å². The second-order valence-electron chi connectivity index (χ2n) is 4.48. The summed E-state index contributed by atoms with van der Waals surface area (Å²) >= 11 is 1.57. The Morgan fingerprint density at radius 3 is 2.50 bits per heavy atom. The third-order valence-electron chi connectivity index (χ3n) is 3.07. The Kier molecular flexibility index (Phi) is 5.63. The van der Waals surface area contributed by atoms with Crippen molar-refractivity contribution >= 4 is 35.7 Å². The van der Waals surface area contributed by atoms with Gasteiger partial charge in [-0.25, -0.2) is 0 Å². The molecule has 0 amide bonds. The molecule has 0 aliphatic carbocycles. The zero-order valence-corrected chi connectivity index (χ0v) is 13.5. The third kappa shape index (κ3) is 3.90. The minimum Gasteiger partial charge on any atom is -0.497 e. The SMILES string of the molecule is C=Nc1cc(OC)ccc1C(=C)Nc1ccc(SNC)cc1. The first kappa shape index (κ1) is 16.1. The number of methoxy groups -OCH3 is 1. The number of anilines is 1. The van der Waals surface area contributed by atoms with Gasteiger partial charge in [-0.05, 0) is 62.1 Å². The van der Waals surface area contributed by atoms with Gasteiger partial charge in [-0.1, -0.05) is 6.58 Å². The van der Waals surface area contributed by atoms with Crippen molar-refractivity contribution in [3.63, 3.8) is 0 Å². The predicted molar refractivity (Wildman–Crippen MR) is 96.2 cm³/mol. The Bertz CT molecular complexity index is 668. The molecule has 0 unspecified atom stereocenters. The van der Waals surface area contributed by atoms with Crippen LogP contribution in [0.4, 0.5) is 11.4 Å². The molecule has 0 fully saturated rings. The molecule has 0 spiro atoms. The molecule has 2 aromatic rings. The van der Waals surface area contributed by atoms with Gasteiger partial charge < -0.3 is 10.1 Å². The molecule has 0 aliphatic rings. The van der Waals surface area contributed by atoms with Crippen LogP contribution in [0.5, 0.6) is 5.75 Å². The Morgan fingerprint density at radius 2 is 1.91 bits per heavy atom. The number of ether oxygens (including phenoxy) is 1. The van der Waals surface area contributed by atoms with E-state index in [2.05, 4.69) is 28.3 Å². The summed E-state index contributed by atoms with van der Waals surface area (Å²) in [6.07, 6.45) is 0. The van der Waals surface area contributed by atoms with E-state index in [0.717, 1.165) is 33.3 Å². The van der Waals surface area contributed by atoms with E-state index in [0.29, 0.717) is 0 Å². The average molecular weight is 313 g/mol. The molecule has 5 heteroatoms. The van der Waals surface area contributed by atoms with Crippen LogP contribution in [0.3, 0.4) is 0 Å². The molecule has 0 aliphatic heterocycles. The van der Waals surface area contributed by atoms with Crippen molar-refractivity contribution in [2.24, 2.45) is 4.99 Å². The fourth-order valence-corrected chi connectivity index (χ4v) is 2.50. The lowest BCUT2D eigenvalue weighted by molar-refractivity contribution is 0.415. The molecular weight excluding hydrogens is 294 g/mol. The van der Waals surface area contributed by atoms with E-state index in [1.807, 2.05) is 49.5 Å². The fraction of sp³-hybridized carbons (Fsp3) is 0.118. The second kappa shape index (κ2) is 7.68. The van der Waals surface area contributed by atoms with Gasteiger partial charge in [-0.3, -0.25) is 9.71 Å². The smallest absolute Gasteiger partial charge is 0.121 e. The Hall–Kier alpha value is -2.24. The van der Waals surface area contributed by atoms with Crippen LogP contribution < -0.4 is 14.8 Å². The largest absolute Gasteiger partial charge is 0.497 e. The number of nitrogens with zero attached hydrogens (tertiary/aromatic N) is 1. The highest BCUT2D eigenvalue weighted by Gasteiger charge is 2.07. The molecular formula is C17H19N3OS.